The zero-order valence-electron chi connectivity index (χ0n) is 4.44. The Morgan fingerprint density at radius 2 is 2.22 bits per heavy atom. The second-order valence-corrected chi connectivity index (χ2v) is 6.82. The Hall–Kier alpha value is 1.16. The van der Waals surface area contributed by atoms with Crippen LogP contribution in [0, 0.1) is 3.57 Å². The molecule has 9 heavy (non-hydrogen) atoms. The molecule has 1 rings (SSSR count). The van der Waals surface area contributed by atoms with Crippen LogP contribution in [0.1, 0.15) is 0 Å². The summed E-state index contributed by atoms with van der Waals surface area (Å²) >= 11 is 6.11. The third-order valence-electron chi connectivity index (χ3n) is 0.869. The molecule has 0 nitrogen and oxygen atoms in total. The van der Waals surface area contributed by atoms with Crippen LogP contribution < -0.4 is 17.2 Å². The maximum atomic E-state index is 3.42. The summed E-state index contributed by atoms with van der Waals surface area (Å²) < 4.78 is 2.67. The van der Waals surface area contributed by atoms with Gasteiger partial charge in [0, 0.05) is 0 Å². The van der Waals surface area contributed by atoms with E-state index in [1.807, 2.05) is 0 Å². The van der Waals surface area contributed by atoms with Gasteiger partial charge in [0.25, 0.3) is 0 Å². The summed E-state index contributed by atoms with van der Waals surface area (Å²) in [5, 5.41) is 0. The Morgan fingerprint density at radius 1 is 1.44 bits per heavy atom. The van der Waals surface area contributed by atoms with Gasteiger partial charge in [0.05, 0.1) is 0 Å². The van der Waals surface area contributed by atoms with Crippen LogP contribution in [0.2, 0.25) is 0 Å². The van der Waals surface area contributed by atoms with E-state index in [1.54, 1.807) is 0 Å². The average molecular weight is 410 g/mol. The molecule has 0 N–H and O–H groups in total. The van der Waals surface area contributed by atoms with Crippen molar-refractivity contribution in [2.45, 2.75) is 0 Å². The van der Waals surface area contributed by atoms with Gasteiger partial charge in [-0.2, -0.15) is 0 Å². The molecule has 0 saturated carbocycles. The minimum absolute atomic E-state index is 0.233. The molecule has 1 aromatic rings. The van der Waals surface area contributed by atoms with Gasteiger partial charge in [-0.15, -0.1) is 0 Å². The van der Waals surface area contributed by atoms with Crippen molar-refractivity contribution in [1.29, 1.82) is 0 Å². The molecule has 50 valence electrons. The normalized spacial score (nSPS) is 10.0. The van der Waals surface area contributed by atoms with E-state index in [2.05, 4.69) is 58.8 Å². The number of hydrogen-bond donors (Lipinski definition) is 0. The number of benzene rings is 1. The third-order valence-corrected chi connectivity index (χ3v) is 5.66. The van der Waals surface area contributed by atoms with Crippen LogP contribution in [-0.4, -0.2) is 0 Å². The van der Waals surface area contributed by atoms with Gasteiger partial charge < -0.3 is 0 Å². The molecule has 3 heteroatoms. The summed E-state index contributed by atoms with van der Waals surface area (Å²) in [4.78, 5) is 0. The van der Waals surface area contributed by atoms with Crippen LogP contribution in [0.3, 0.4) is 0 Å². The molecule has 0 saturated heterocycles. The van der Waals surface area contributed by atoms with E-state index in [-0.39, 0.29) is 17.2 Å². The Labute approximate surface area is 83.0 Å². The van der Waals surface area contributed by atoms with Crippen molar-refractivity contribution in [1.82, 2.24) is 0 Å². The quantitative estimate of drug-likeness (QED) is 0.575. The van der Waals surface area contributed by atoms with E-state index in [0.29, 0.717) is 0 Å². The molecule has 0 aliphatic heterocycles. The first-order valence-electron chi connectivity index (χ1n) is 2.34. The fraction of sp³-hybridized carbons (Fsp3) is 0. The van der Waals surface area contributed by atoms with Crippen molar-refractivity contribution >= 4 is 34.5 Å². The summed E-state index contributed by atoms with van der Waals surface area (Å²) in [6.45, 7) is 0. The third kappa shape index (κ3) is 2.71. The number of halogens is 3. The van der Waals surface area contributed by atoms with Gasteiger partial charge in [-0.05, 0) is 0 Å². The van der Waals surface area contributed by atoms with Gasteiger partial charge in [-0.25, -0.2) is 0 Å². The zero-order chi connectivity index (χ0) is 6.69. The first kappa shape index (κ1) is 8.26. The predicted octanol–water partition coefficient (Wildman–Crippen LogP) is 0.0577. The molecule has 0 aliphatic rings. The van der Waals surface area contributed by atoms with Gasteiger partial charge in [-0.3, -0.25) is 0 Å². The first-order valence-corrected chi connectivity index (χ1v) is 10.5. The van der Waals surface area contributed by atoms with E-state index in [1.165, 1.54) is 8.04 Å². The fourth-order valence-corrected chi connectivity index (χ4v) is 3.83. The molecular weight excluding hydrogens is 406 g/mol. The molecule has 0 aromatic heterocycles. The maximum absolute atomic E-state index is 3.42. The number of rotatable bonds is 1. The van der Waals surface area contributed by atoms with Crippen LogP contribution in [0.4, 0.5) is 0 Å². The second kappa shape index (κ2) is 4.12. The summed E-state index contributed by atoms with van der Waals surface area (Å²) in [5.41, 5.74) is 0. The van der Waals surface area contributed by atoms with Crippen LogP contribution in [-0.2, 0) is 0 Å². The Kier molecular flexibility index (Phi) is 3.78. The Bertz CT molecular complexity index is 200. The Morgan fingerprint density at radius 3 is 2.67 bits per heavy atom. The zero-order valence-corrected chi connectivity index (χ0v) is 10.3. The monoisotopic (exact) mass is 409 g/mol. The van der Waals surface area contributed by atoms with Crippen molar-refractivity contribution in [3.63, 3.8) is 0 Å². The molecule has 0 fully saturated rings. The van der Waals surface area contributed by atoms with Gasteiger partial charge in [0.15, 0.2) is 0 Å². The van der Waals surface area contributed by atoms with Crippen molar-refractivity contribution in [2.75, 3.05) is 0 Å². The number of hydrogen-bond acceptors (Lipinski definition) is 0. The van der Waals surface area contributed by atoms with Crippen molar-refractivity contribution in [3.05, 3.63) is 32.3 Å². The predicted molar refractivity (Wildman–Crippen MR) is 46.9 cm³/mol. The van der Waals surface area contributed by atoms with Crippen molar-refractivity contribution < 1.29 is 17.2 Å². The van der Waals surface area contributed by atoms with E-state index in [4.69, 9.17) is 0 Å². The molecule has 0 heterocycles. The van der Waals surface area contributed by atoms with Gasteiger partial charge in [0.1, 0.15) is 0 Å². The van der Waals surface area contributed by atoms with E-state index in [0.717, 1.165) is 0 Å². The molecule has 0 bridgehead atoms. The van der Waals surface area contributed by atoms with Crippen LogP contribution in [0.25, 0.3) is 0 Å². The summed E-state index contributed by atoms with van der Waals surface area (Å²) in [5.74, 6) is 0. The average Bonchev–Trinajstić information content (AvgIpc) is 1.88. The van der Waals surface area contributed by atoms with Crippen LogP contribution in [0.5, 0.6) is 0 Å². The molecule has 0 amide bonds. The Balaban J connectivity index is 2.94. The molecule has 0 spiro atoms. The van der Waals surface area contributed by atoms with Gasteiger partial charge in [0.2, 0.25) is 0 Å². The van der Waals surface area contributed by atoms with E-state index < -0.39 is 0 Å². The SMILES string of the molecule is Brc1cccc([I-]I)c1. The van der Waals surface area contributed by atoms with Crippen LogP contribution in [0.15, 0.2) is 28.7 Å². The molecule has 0 unspecified atom stereocenters. The van der Waals surface area contributed by atoms with Crippen molar-refractivity contribution in [2.24, 2.45) is 0 Å². The second-order valence-electron chi connectivity index (χ2n) is 1.51. The van der Waals surface area contributed by atoms with Gasteiger partial charge >= 0.3 is 84.1 Å². The standard InChI is InChI=1S/C6H4BrI2/c7-5-2-1-3-6(4-5)9-8/h1-4H/q-1. The van der Waals surface area contributed by atoms with Crippen molar-refractivity contribution in [3.8, 4) is 0 Å². The van der Waals surface area contributed by atoms with Gasteiger partial charge in [-0.1, -0.05) is 0 Å². The molecule has 1 aromatic carbocycles. The van der Waals surface area contributed by atoms with E-state index in [9.17, 15) is 0 Å². The van der Waals surface area contributed by atoms with Crippen LogP contribution >= 0.6 is 34.5 Å². The molecule has 0 aliphatic carbocycles. The molecule has 0 radical (unpaired) electrons. The first-order chi connectivity index (χ1) is 4.33. The topological polar surface area (TPSA) is 0 Å². The fourth-order valence-electron chi connectivity index (χ4n) is 0.504. The molecule has 0 atom stereocenters. The van der Waals surface area contributed by atoms with E-state index >= 15 is 0 Å². The summed E-state index contributed by atoms with van der Waals surface area (Å²) in [6, 6.07) is 8.49. The molecular formula is C6H4BrI2-. The summed E-state index contributed by atoms with van der Waals surface area (Å²) in [7, 11) is 0. The minimum atomic E-state index is 0.233. The summed E-state index contributed by atoms with van der Waals surface area (Å²) in [6.07, 6.45) is 0.